The molecule has 0 aromatic carbocycles. The lowest BCUT2D eigenvalue weighted by Gasteiger charge is -2.01. The lowest BCUT2D eigenvalue weighted by Crippen LogP contribution is -2.07. The van der Waals surface area contributed by atoms with Gasteiger partial charge in [0.25, 0.3) is 0 Å². The molecule has 1 unspecified atom stereocenters. The molecule has 0 bridgehead atoms. The molecule has 0 radical (unpaired) electrons. The summed E-state index contributed by atoms with van der Waals surface area (Å²) in [5.74, 6) is 5.98. The van der Waals surface area contributed by atoms with E-state index in [0.717, 1.165) is 25.7 Å². The fourth-order valence-corrected chi connectivity index (χ4v) is 1.48. The van der Waals surface area contributed by atoms with Gasteiger partial charge in [-0.2, -0.15) is 0 Å². The summed E-state index contributed by atoms with van der Waals surface area (Å²) in [6.07, 6.45) is 7.81. The summed E-state index contributed by atoms with van der Waals surface area (Å²) in [4.78, 5) is 11.4. The van der Waals surface area contributed by atoms with Gasteiger partial charge in [-0.15, -0.1) is 0 Å². The normalized spacial score (nSPS) is 11.7. The minimum absolute atomic E-state index is 0.118. The first-order valence-corrected chi connectivity index (χ1v) is 6.25. The first-order chi connectivity index (χ1) is 7.22. The molecule has 0 aromatic heterocycles. The minimum Gasteiger partial charge on any atom is -0.285 e. The second-order valence-corrected chi connectivity index (χ2v) is 4.17. The third-order valence-corrected chi connectivity index (χ3v) is 2.54. The van der Waals surface area contributed by atoms with Crippen LogP contribution >= 0.6 is 0 Å². The van der Waals surface area contributed by atoms with Crippen LogP contribution in [0.3, 0.4) is 0 Å². The number of carbonyl (C=O) groups excluding carboxylic acids is 1. The number of carbonyl (C=O) groups is 1. The van der Waals surface area contributed by atoms with Crippen LogP contribution in [0.25, 0.3) is 0 Å². The fraction of sp³-hybridized carbons (Fsp3) is 0.786. The summed E-state index contributed by atoms with van der Waals surface area (Å²) in [5, 5.41) is 0. The van der Waals surface area contributed by atoms with Gasteiger partial charge in [0.15, 0.2) is 0 Å². The Hall–Kier alpha value is -0.770. The Morgan fingerprint density at radius 3 is 2.47 bits per heavy atom. The Balaban J connectivity index is 3.62. The molecular weight excluding hydrogens is 184 g/mol. The smallest absolute Gasteiger partial charge is 0.208 e. The van der Waals surface area contributed by atoms with E-state index < -0.39 is 0 Å². The summed E-state index contributed by atoms with van der Waals surface area (Å²) < 4.78 is 0. The molecule has 15 heavy (non-hydrogen) atoms. The fourth-order valence-electron chi connectivity index (χ4n) is 1.48. The standard InChI is InChI=1S/C14H24O/c1-4-6-7-8-9-10-12-14(15)13(3)11-5-2/h13H,4-9,11H2,1-3H3. The molecule has 86 valence electrons. The second-order valence-electron chi connectivity index (χ2n) is 4.17. The van der Waals surface area contributed by atoms with Crippen LogP contribution in [-0.4, -0.2) is 5.78 Å². The third kappa shape index (κ3) is 8.24. The summed E-state index contributed by atoms with van der Waals surface area (Å²) in [6.45, 7) is 6.27. The average molecular weight is 208 g/mol. The molecule has 1 atom stereocenters. The third-order valence-electron chi connectivity index (χ3n) is 2.54. The molecule has 0 N–H and O–H groups in total. The Morgan fingerprint density at radius 1 is 1.13 bits per heavy atom. The molecule has 0 saturated heterocycles. The van der Waals surface area contributed by atoms with Crippen LogP contribution in [0, 0.1) is 17.8 Å². The largest absolute Gasteiger partial charge is 0.285 e. The predicted molar refractivity (Wildman–Crippen MR) is 65.6 cm³/mol. The van der Waals surface area contributed by atoms with Gasteiger partial charge in [-0.25, -0.2) is 0 Å². The van der Waals surface area contributed by atoms with E-state index >= 15 is 0 Å². The molecule has 1 heteroatoms. The number of Topliss-reactive ketones (excluding diaryl/α,β-unsaturated/α-hetero) is 1. The Bertz CT molecular complexity index is 219. The van der Waals surface area contributed by atoms with E-state index in [9.17, 15) is 4.79 Å². The van der Waals surface area contributed by atoms with Gasteiger partial charge in [-0.3, -0.25) is 4.79 Å². The van der Waals surface area contributed by atoms with Gasteiger partial charge < -0.3 is 0 Å². The maximum atomic E-state index is 11.4. The van der Waals surface area contributed by atoms with Crippen molar-refractivity contribution in [3.05, 3.63) is 0 Å². The summed E-state index contributed by atoms with van der Waals surface area (Å²) in [7, 11) is 0. The van der Waals surface area contributed by atoms with Crippen molar-refractivity contribution in [1.82, 2.24) is 0 Å². The number of hydrogen-bond donors (Lipinski definition) is 0. The van der Waals surface area contributed by atoms with Crippen molar-refractivity contribution in [3.63, 3.8) is 0 Å². The lowest BCUT2D eigenvalue weighted by atomic mass is 10.0. The van der Waals surface area contributed by atoms with E-state index in [2.05, 4.69) is 25.7 Å². The van der Waals surface area contributed by atoms with Crippen LogP contribution in [0.5, 0.6) is 0 Å². The van der Waals surface area contributed by atoms with Crippen molar-refractivity contribution in [3.8, 4) is 11.8 Å². The number of unbranched alkanes of at least 4 members (excludes halogenated alkanes) is 4. The van der Waals surface area contributed by atoms with Crippen molar-refractivity contribution >= 4 is 5.78 Å². The van der Waals surface area contributed by atoms with Gasteiger partial charge >= 0.3 is 0 Å². The van der Waals surface area contributed by atoms with Crippen LogP contribution in [0.2, 0.25) is 0 Å². The first-order valence-electron chi connectivity index (χ1n) is 6.25. The molecule has 0 aromatic rings. The van der Waals surface area contributed by atoms with E-state index in [4.69, 9.17) is 0 Å². The zero-order chi connectivity index (χ0) is 11.5. The van der Waals surface area contributed by atoms with Gasteiger partial charge in [-0.05, 0) is 18.8 Å². The van der Waals surface area contributed by atoms with E-state index in [1.54, 1.807) is 0 Å². The van der Waals surface area contributed by atoms with Gasteiger partial charge in [0, 0.05) is 12.3 Å². The van der Waals surface area contributed by atoms with Gasteiger partial charge in [0.1, 0.15) is 0 Å². The Kier molecular flexibility index (Phi) is 9.27. The van der Waals surface area contributed by atoms with Crippen molar-refractivity contribution in [1.29, 1.82) is 0 Å². The lowest BCUT2D eigenvalue weighted by molar-refractivity contribution is -0.117. The van der Waals surface area contributed by atoms with Gasteiger partial charge in [-0.1, -0.05) is 52.4 Å². The first kappa shape index (κ1) is 14.2. The van der Waals surface area contributed by atoms with Crippen molar-refractivity contribution < 1.29 is 4.79 Å². The van der Waals surface area contributed by atoms with E-state index in [1.807, 2.05) is 6.92 Å². The van der Waals surface area contributed by atoms with Crippen LogP contribution in [0.15, 0.2) is 0 Å². The zero-order valence-electron chi connectivity index (χ0n) is 10.4. The number of rotatable bonds is 7. The second kappa shape index (κ2) is 9.77. The molecular formula is C14H24O. The molecule has 0 aliphatic carbocycles. The maximum Gasteiger partial charge on any atom is 0.208 e. The molecule has 0 saturated carbocycles. The number of hydrogen-bond acceptors (Lipinski definition) is 1. The Morgan fingerprint density at radius 2 is 1.87 bits per heavy atom. The molecule has 0 aliphatic heterocycles. The summed E-state index contributed by atoms with van der Waals surface area (Å²) in [6, 6.07) is 0. The van der Waals surface area contributed by atoms with Crippen LogP contribution in [0.1, 0.15) is 65.7 Å². The topological polar surface area (TPSA) is 17.1 Å². The number of ketones is 1. The maximum absolute atomic E-state index is 11.4. The molecule has 0 spiro atoms. The predicted octanol–water partition coefficient (Wildman–Crippen LogP) is 3.97. The highest BCUT2D eigenvalue weighted by Gasteiger charge is 2.07. The SMILES string of the molecule is CCCCCCC#CC(=O)C(C)CCC. The van der Waals surface area contributed by atoms with Crippen LogP contribution in [-0.2, 0) is 4.79 Å². The van der Waals surface area contributed by atoms with E-state index in [0.29, 0.717) is 0 Å². The highest BCUT2D eigenvalue weighted by atomic mass is 16.1. The van der Waals surface area contributed by atoms with Crippen LogP contribution < -0.4 is 0 Å². The van der Waals surface area contributed by atoms with Crippen molar-refractivity contribution in [2.24, 2.45) is 5.92 Å². The monoisotopic (exact) mass is 208 g/mol. The zero-order valence-corrected chi connectivity index (χ0v) is 10.4. The van der Waals surface area contributed by atoms with E-state index in [-0.39, 0.29) is 11.7 Å². The quantitative estimate of drug-likeness (QED) is 0.351. The molecule has 0 fully saturated rings. The van der Waals surface area contributed by atoms with E-state index in [1.165, 1.54) is 19.3 Å². The minimum atomic E-state index is 0.118. The summed E-state index contributed by atoms with van der Waals surface area (Å²) >= 11 is 0. The van der Waals surface area contributed by atoms with Gasteiger partial charge in [0.2, 0.25) is 5.78 Å². The van der Waals surface area contributed by atoms with Gasteiger partial charge in [0.05, 0.1) is 0 Å². The molecule has 0 rings (SSSR count). The summed E-state index contributed by atoms with van der Waals surface area (Å²) in [5.41, 5.74) is 0. The molecule has 1 nitrogen and oxygen atoms in total. The Labute approximate surface area is 94.6 Å². The highest BCUT2D eigenvalue weighted by Crippen LogP contribution is 2.05. The highest BCUT2D eigenvalue weighted by molar-refractivity contribution is 5.96. The van der Waals surface area contributed by atoms with Crippen LogP contribution in [0.4, 0.5) is 0 Å². The van der Waals surface area contributed by atoms with Crippen molar-refractivity contribution in [2.75, 3.05) is 0 Å². The molecule has 0 heterocycles. The average Bonchev–Trinajstić information content (AvgIpc) is 2.23. The van der Waals surface area contributed by atoms with Crippen molar-refractivity contribution in [2.45, 2.75) is 65.7 Å². The molecule has 0 aliphatic rings. The molecule has 0 amide bonds.